The molecule has 0 radical (unpaired) electrons. The summed E-state index contributed by atoms with van der Waals surface area (Å²) in [5.41, 5.74) is 3.30. The third kappa shape index (κ3) is 3.62. The van der Waals surface area contributed by atoms with E-state index >= 15 is 0 Å². The van der Waals surface area contributed by atoms with Crippen LogP contribution in [0.1, 0.15) is 50.0 Å². The van der Waals surface area contributed by atoms with Crippen LogP contribution in [-0.2, 0) is 0 Å². The van der Waals surface area contributed by atoms with Crippen LogP contribution in [0.5, 0.6) is 0 Å². The predicted octanol–water partition coefficient (Wildman–Crippen LogP) is 3.97. The molecule has 1 aliphatic heterocycles. The van der Waals surface area contributed by atoms with Crippen LogP contribution in [0, 0.1) is 11.8 Å². The van der Waals surface area contributed by atoms with Crippen LogP contribution < -0.4 is 15.5 Å². The number of piperazine rings is 1. The molecule has 7 nitrogen and oxygen atoms in total. The summed E-state index contributed by atoms with van der Waals surface area (Å²) in [6.07, 6.45) is 13.8. The lowest BCUT2D eigenvalue weighted by molar-refractivity contribution is 0.439. The fourth-order valence-corrected chi connectivity index (χ4v) is 6.29. The largest absolute Gasteiger partial charge is 0.367 e. The van der Waals surface area contributed by atoms with E-state index in [1.807, 2.05) is 24.7 Å². The van der Waals surface area contributed by atoms with Crippen LogP contribution in [0.3, 0.4) is 0 Å². The summed E-state index contributed by atoms with van der Waals surface area (Å²) in [6, 6.07) is 4.73. The highest BCUT2D eigenvalue weighted by molar-refractivity contribution is 5.94. The molecule has 3 aromatic heterocycles. The molecule has 3 aromatic rings. The van der Waals surface area contributed by atoms with Gasteiger partial charge in [-0.25, -0.2) is 15.0 Å². The Labute approximate surface area is 194 Å². The lowest BCUT2D eigenvalue weighted by Gasteiger charge is -2.30. The van der Waals surface area contributed by atoms with Gasteiger partial charge in [-0.2, -0.15) is 0 Å². The van der Waals surface area contributed by atoms with E-state index < -0.39 is 0 Å². The second-order valence-electron chi connectivity index (χ2n) is 10.4. The van der Waals surface area contributed by atoms with Gasteiger partial charge in [-0.3, -0.25) is 4.98 Å². The zero-order valence-corrected chi connectivity index (χ0v) is 19.0. The van der Waals surface area contributed by atoms with Gasteiger partial charge in [-0.1, -0.05) is 6.42 Å². The Morgan fingerprint density at radius 1 is 1.00 bits per heavy atom. The molecule has 3 saturated carbocycles. The molecule has 7 rings (SSSR count). The molecular formula is C26H31N7. The maximum atomic E-state index is 5.18. The molecule has 4 aliphatic rings. The van der Waals surface area contributed by atoms with Gasteiger partial charge in [0.15, 0.2) is 5.82 Å². The zero-order valence-electron chi connectivity index (χ0n) is 19.0. The Morgan fingerprint density at radius 2 is 1.91 bits per heavy atom. The van der Waals surface area contributed by atoms with E-state index in [1.165, 1.54) is 49.5 Å². The maximum Gasteiger partial charge on any atom is 0.162 e. The molecule has 0 aromatic carbocycles. The van der Waals surface area contributed by atoms with E-state index in [-0.39, 0.29) is 0 Å². The molecule has 4 heterocycles. The van der Waals surface area contributed by atoms with Gasteiger partial charge in [0.25, 0.3) is 0 Å². The second kappa shape index (κ2) is 7.90. The van der Waals surface area contributed by atoms with Crippen LogP contribution in [-0.4, -0.2) is 52.2 Å². The van der Waals surface area contributed by atoms with Gasteiger partial charge in [0, 0.05) is 55.6 Å². The standard InChI is InChI=1S/C26H31N7/c1-2-18-11-16(1)12-21(18)30-23-13-19(5-6-29-23)25-31-22-15-28-14-20(17-3-4-17)24(22)26(32-25)33-9-7-27-8-10-33/h5-6,13-18,21,27H,1-4,7-12H2,(H,29,30)/t16-,18+,21+/m1/s1. The average molecular weight is 442 g/mol. The second-order valence-corrected chi connectivity index (χ2v) is 10.4. The molecule has 33 heavy (non-hydrogen) atoms. The van der Waals surface area contributed by atoms with Crippen molar-refractivity contribution in [3.05, 3.63) is 36.3 Å². The fourth-order valence-electron chi connectivity index (χ4n) is 6.29. The molecule has 2 bridgehead atoms. The third-order valence-corrected chi connectivity index (χ3v) is 8.14. The summed E-state index contributed by atoms with van der Waals surface area (Å²) < 4.78 is 0. The summed E-state index contributed by atoms with van der Waals surface area (Å²) >= 11 is 0. The van der Waals surface area contributed by atoms with E-state index in [4.69, 9.17) is 9.97 Å². The Morgan fingerprint density at radius 3 is 2.70 bits per heavy atom. The number of anilines is 2. The van der Waals surface area contributed by atoms with Crippen molar-refractivity contribution >= 4 is 22.5 Å². The van der Waals surface area contributed by atoms with E-state index in [0.717, 1.165) is 66.6 Å². The van der Waals surface area contributed by atoms with Gasteiger partial charge in [-0.15, -0.1) is 0 Å². The van der Waals surface area contributed by atoms with Gasteiger partial charge in [0.2, 0.25) is 0 Å². The molecule has 0 spiro atoms. The molecule has 7 heteroatoms. The number of rotatable bonds is 5. The van der Waals surface area contributed by atoms with E-state index in [0.29, 0.717) is 12.0 Å². The molecule has 3 aliphatic carbocycles. The highest BCUT2D eigenvalue weighted by Crippen LogP contribution is 2.46. The molecule has 0 amide bonds. The first-order valence-electron chi connectivity index (χ1n) is 12.7. The Balaban J connectivity index is 1.28. The monoisotopic (exact) mass is 441 g/mol. The van der Waals surface area contributed by atoms with Crippen molar-refractivity contribution in [1.29, 1.82) is 0 Å². The number of aromatic nitrogens is 4. The van der Waals surface area contributed by atoms with Crippen molar-refractivity contribution in [1.82, 2.24) is 25.3 Å². The smallest absolute Gasteiger partial charge is 0.162 e. The summed E-state index contributed by atoms with van der Waals surface area (Å²) in [4.78, 5) is 21.8. The summed E-state index contributed by atoms with van der Waals surface area (Å²) in [6.45, 7) is 3.89. The number of hydrogen-bond acceptors (Lipinski definition) is 7. The highest BCUT2D eigenvalue weighted by atomic mass is 15.2. The number of fused-ring (bicyclic) bond motifs is 3. The van der Waals surface area contributed by atoms with Crippen molar-refractivity contribution in [2.24, 2.45) is 11.8 Å². The number of nitrogens with zero attached hydrogens (tertiary/aromatic N) is 5. The normalized spacial score (nSPS) is 26.8. The Bertz CT molecular complexity index is 1180. The Kier molecular flexibility index (Phi) is 4.71. The topological polar surface area (TPSA) is 78.9 Å². The van der Waals surface area contributed by atoms with Crippen molar-refractivity contribution in [2.75, 3.05) is 36.4 Å². The van der Waals surface area contributed by atoms with Crippen LogP contribution in [0.25, 0.3) is 22.3 Å². The van der Waals surface area contributed by atoms with Crippen LogP contribution in [0.2, 0.25) is 0 Å². The van der Waals surface area contributed by atoms with E-state index in [2.05, 4.69) is 31.6 Å². The van der Waals surface area contributed by atoms with E-state index in [1.54, 1.807) is 0 Å². The number of hydrogen-bond donors (Lipinski definition) is 2. The van der Waals surface area contributed by atoms with Crippen LogP contribution in [0.4, 0.5) is 11.6 Å². The summed E-state index contributed by atoms with van der Waals surface area (Å²) in [7, 11) is 0. The quantitative estimate of drug-likeness (QED) is 0.620. The molecule has 0 unspecified atom stereocenters. The molecule has 170 valence electrons. The highest BCUT2D eigenvalue weighted by Gasteiger charge is 2.39. The van der Waals surface area contributed by atoms with Gasteiger partial charge in [-0.05, 0) is 67.6 Å². The van der Waals surface area contributed by atoms with Crippen molar-refractivity contribution < 1.29 is 0 Å². The first kappa shape index (κ1) is 19.6. The lowest BCUT2D eigenvalue weighted by atomic mass is 9.95. The van der Waals surface area contributed by atoms with Gasteiger partial charge in [0.05, 0.1) is 11.7 Å². The number of nitrogens with one attached hydrogen (secondary N) is 2. The van der Waals surface area contributed by atoms with Crippen LogP contribution >= 0.6 is 0 Å². The zero-order chi connectivity index (χ0) is 21.8. The minimum absolute atomic E-state index is 0.561. The molecular weight excluding hydrogens is 410 g/mol. The molecule has 1 saturated heterocycles. The van der Waals surface area contributed by atoms with Crippen molar-refractivity contribution in [3.63, 3.8) is 0 Å². The summed E-state index contributed by atoms with van der Waals surface area (Å²) in [5, 5.41) is 8.40. The molecule has 2 N–H and O–H groups in total. The Hall–Kier alpha value is -2.80. The maximum absolute atomic E-state index is 5.18. The van der Waals surface area contributed by atoms with Crippen molar-refractivity contribution in [3.8, 4) is 11.4 Å². The predicted molar refractivity (Wildman–Crippen MR) is 130 cm³/mol. The fraction of sp³-hybridized carbons (Fsp3) is 0.538. The SMILES string of the molecule is c1cc(-c2nc(N3CCNCC3)c3c(C4CC4)cncc3n2)cc(N[C@H]2C[C@@H]3CC[C@H]2C3)n1. The first-order chi connectivity index (χ1) is 16.3. The summed E-state index contributed by atoms with van der Waals surface area (Å²) in [5.74, 6) is 5.11. The van der Waals surface area contributed by atoms with Crippen molar-refractivity contribution in [2.45, 2.75) is 50.5 Å². The first-order valence-corrected chi connectivity index (χ1v) is 12.7. The lowest BCUT2D eigenvalue weighted by Crippen LogP contribution is -2.44. The minimum atomic E-state index is 0.561. The van der Waals surface area contributed by atoms with E-state index in [9.17, 15) is 0 Å². The van der Waals surface area contributed by atoms with Gasteiger partial charge < -0.3 is 15.5 Å². The van der Waals surface area contributed by atoms with Crippen LogP contribution in [0.15, 0.2) is 30.7 Å². The average Bonchev–Trinajstić information content (AvgIpc) is 3.51. The third-order valence-electron chi connectivity index (χ3n) is 8.14. The van der Waals surface area contributed by atoms with Gasteiger partial charge >= 0.3 is 0 Å². The minimum Gasteiger partial charge on any atom is -0.367 e. The molecule has 3 atom stereocenters. The number of pyridine rings is 2. The molecule has 4 fully saturated rings. The van der Waals surface area contributed by atoms with Gasteiger partial charge in [0.1, 0.15) is 11.6 Å².